The van der Waals surface area contributed by atoms with Crippen LogP contribution >= 0.6 is 27.5 Å². The zero-order chi connectivity index (χ0) is 12.5. The predicted molar refractivity (Wildman–Crippen MR) is 61.1 cm³/mol. The van der Waals surface area contributed by atoms with E-state index in [1.54, 1.807) is 6.92 Å². The highest BCUT2D eigenvalue weighted by Crippen LogP contribution is 2.37. The van der Waals surface area contributed by atoms with Crippen LogP contribution in [-0.4, -0.2) is 6.54 Å². The van der Waals surface area contributed by atoms with Crippen LogP contribution in [0.25, 0.3) is 0 Å². The second kappa shape index (κ2) is 5.38. The smallest absolute Gasteiger partial charge is 0.176 e. The van der Waals surface area contributed by atoms with Gasteiger partial charge in [0.05, 0.1) is 9.50 Å². The molecule has 0 fully saturated rings. The van der Waals surface area contributed by atoms with Gasteiger partial charge >= 0.3 is 0 Å². The minimum atomic E-state index is -1.26. The Bertz CT molecular complexity index is 383. The number of hydrogen-bond donors (Lipinski definition) is 1. The second-order valence-corrected chi connectivity index (χ2v) is 4.63. The van der Waals surface area contributed by atoms with Gasteiger partial charge in [0.25, 0.3) is 0 Å². The van der Waals surface area contributed by atoms with Gasteiger partial charge in [0, 0.05) is 5.56 Å². The molecule has 1 aromatic rings. The van der Waals surface area contributed by atoms with Crippen LogP contribution in [0.1, 0.15) is 24.8 Å². The Kier molecular flexibility index (Phi) is 4.64. The molecule has 16 heavy (non-hydrogen) atoms. The highest BCUT2D eigenvalue weighted by atomic mass is 79.9. The molecular weight excluding hydrogens is 306 g/mol. The van der Waals surface area contributed by atoms with Gasteiger partial charge in [-0.2, -0.15) is 0 Å². The average Bonchev–Trinajstić information content (AvgIpc) is 2.24. The van der Waals surface area contributed by atoms with Gasteiger partial charge in [-0.1, -0.05) is 18.5 Å². The molecule has 1 aromatic carbocycles. The van der Waals surface area contributed by atoms with Crippen molar-refractivity contribution >= 4 is 27.5 Å². The Morgan fingerprint density at radius 1 is 1.25 bits per heavy atom. The second-order valence-electron chi connectivity index (χ2n) is 3.46. The molecule has 0 saturated carbocycles. The summed E-state index contributed by atoms with van der Waals surface area (Å²) in [6.07, 6.45) is 0.400. The van der Waals surface area contributed by atoms with Crippen LogP contribution in [-0.2, 0) is 0 Å². The summed E-state index contributed by atoms with van der Waals surface area (Å²) >= 11 is 8.26. The Morgan fingerprint density at radius 2 is 1.81 bits per heavy atom. The highest BCUT2D eigenvalue weighted by molar-refractivity contribution is 9.10. The molecule has 0 aliphatic heterocycles. The van der Waals surface area contributed by atoms with E-state index in [4.69, 9.17) is 17.3 Å². The fourth-order valence-corrected chi connectivity index (χ4v) is 2.30. The summed E-state index contributed by atoms with van der Waals surface area (Å²) < 4.78 is 39.7. The van der Waals surface area contributed by atoms with Gasteiger partial charge in [0.2, 0.25) is 0 Å². The molecule has 1 nitrogen and oxygen atoms in total. The van der Waals surface area contributed by atoms with Crippen LogP contribution in [0.3, 0.4) is 0 Å². The number of benzene rings is 1. The van der Waals surface area contributed by atoms with Crippen molar-refractivity contribution in [3.05, 3.63) is 32.5 Å². The summed E-state index contributed by atoms with van der Waals surface area (Å²) in [6.45, 7) is 1.90. The van der Waals surface area contributed by atoms with Crippen molar-refractivity contribution in [3.63, 3.8) is 0 Å². The van der Waals surface area contributed by atoms with Crippen molar-refractivity contribution < 1.29 is 13.2 Å². The molecule has 0 saturated heterocycles. The molecule has 6 heteroatoms. The molecule has 0 aliphatic carbocycles. The minimum Gasteiger partial charge on any atom is -0.330 e. The third-order valence-electron chi connectivity index (χ3n) is 2.34. The van der Waals surface area contributed by atoms with E-state index in [-0.39, 0.29) is 12.1 Å². The lowest BCUT2D eigenvalue weighted by atomic mass is 9.97. The summed E-state index contributed by atoms with van der Waals surface area (Å²) in [5, 5.41) is -0.397. The Hall–Kier alpha value is -0.260. The first-order valence-corrected chi connectivity index (χ1v) is 5.80. The quantitative estimate of drug-likeness (QED) is 0.662. The molecular formula is C10H10BrClF3N. The first kappa shape index (κ1) is 13.8. The maximum absolute atomic E-state index is 13.6. The molecule has 0 amide bonds. The molecule has 0 aliphatic rings. The van der Waals surface area contributed by atoms with Crippen LogP contribution in [0, 0.1) is 17.5 Å². The van der Waals surface area contributed by atoms with Crippen molar-refractivity contribution in [2.24, 2.45) is 5.73 Å². The topological polar surface area (TPSA) is 26.0 Å². The molecule has 0 aromatic heterocycles. The van der Waals surface area contributed by atoms with E-state index in [0.717, 1.165) is 0 Å². The van der Waals surface area contributed by atoms with E-state index >= 15 is 0 Å². The van der Waals surface area contributed by atoms with Gasteiger partial charge in [-0.25, -0.2) is 13.2 Å². The molecule has 0 spiro atoms. The number of rotatable bonds is 3. The van der Waals surface area contributed by atoms with Crippen molar-refractivity contribution in [2.45, 2.75) is 19.3 Å². The third-order valence-corrected chi connectivity index (χ3v) is 3.40. The van der Waals surface area contributed by atoms with Gasteiger partial charge < -0.3 is 5.73 Å². The lowest BCUT2D eigenvalue weighted by molar-refractivity contribution is 0.468. The first-order chi connectivity index (χ1) is 7.41. The fraction of sp³-hybridized carbons (Fsp3) is 0.400. The summed E-state index contributed by atoms with van der Waals surface area (Å²) in [5.74, 6) is -3.81. The molecule has 0 heterocycles. The van der Waals surface area contributed by atoms with E-state index in [1.165, 1.54) is 0 Å². The number of halogens is 5. The molecule has 2 N–H and O–H groups in total. The first-order valence-electron chi connectivity index (χ1n) is 4.63. The maximum Gasteiger partial charge on any atom is 0.176 e. The van der Waals surface area contributed by atoms with Gasteiger partial charge in [0.15, 0.2) is 17.5 Å². The number of hydrogen-bond acceptors (Lipinski definition) is 1. The summed E-state index contributed by atoms with van der Waals surface area (Å²) in [5.41, 5.74) is 5.15. The molecule has 1 atom stereocenters. The van der Waals surface area contributed by atoms with Crippen molar-refractivity contribution in [1.29, 1.82) is 0 Å². The molecule has 0 bridgehead atoms. The van der Waals surface area contributed by atoms with Crippen molar-refractivity contribution in [1.82, 2.24) is 0 Å². The Morgan fingerprint density at radius 3 is 2.31 bits per heavy atom. The monoisotopic (exact) mass is 315 g/mol. The summed E-state index contributed by atoms with van der Waals surface area (Å²) in [4.78, 5) is 0. The molecule has 1 rings (SSSR count). The molecule has 0 radical (unpaired) electrons. The lowest BCUT2D eigenvalue weighted by Gasteiger charge is -2.15. The van der Waals surface area contributed by atoms with E-state index in [0.29, 0.717) is 6.42 Å². The minimum absolute atomic E-state index is 0.162. The summed E-state index contributed by atoms with van der Waals surface area (Å²) in [7, 11) is 0. The maximum atomic E-state index is 13.6. The largest absolute Gasteiger partial charge is 0.330 e. The van der Waals surface area contributed by atoms with Crippen LogP contribution in [0.4, 0.5) is 13.2 Å². The normalized spacial score (nSPS) is 12.9. The zero-order valence-electron chi connectivity index (χ0n) is 8.46. The zero-order valence-corrected chi connectivity index (χ0v) is 10.8. The van der Waals surface area contributed by atoms with E-state index in [9.17, 15) is 13.2 Å². The average molecular weight is 317 g/mol. The molecule has 1 unspecified atom stereocenters. The van der Waals surface area contributed by atoms with Crippen LogP contribution in [0.15, 0.2) is 4.47 Å². The predicted octanol–water partition coefficient (Wildman–Crippen LogP) is 3.97. The van der Waals surface area contributed by atoms with Gasteiger partial charge in [-0.3, -0.25) is 0 Å². The van der Waals surface area contributed by atoms with Gasteiger partial charge in [0.1, 0.15) is 0 Å². The third kappa shape index (κ3) is 2.36. The summed E-state index contributed by atoms with van der Waals surface area (Å²) in [6, 6.07) is 0. The Labute approximate surface area is 105 Å². The fourth-order valence-electron chi connectivity index (χ4n) is 1.45. The SMILES string of the molecule is CC(CCN)c1c(F)c(F)c(Br)c(F)c1Cl. The van der Waals surface area contributed by atoms with Gasteiger partial charge in [-0.05, 0) is 34.8 Å². The van der Waals surface area contributed by atoms with Crippen molar-refractivity contribution in [2.75, 3.05) is 6.54 Å². The van der Waals surface area contributed by atoms with Crippen LogP contribution in [0.2, 0.25) is 5.02 Å². The van der Waals surface area contributed by atoms with Crippen LogP contribution in [0.5, 0.6) is 0 Å². The van der Waals surface area contributed by atoms with Crippen molar-refractivity contribution in [3.8, 4) is 0 Å². The molecule has 90 valence electrons. The Balaban J connectivity index is 3.39. The highest BCUT2D eigenvalue weighted by Gasteiger charge is 2.25. The van der Waals surface area contributed by atoms with E-state index < -0.39 is 32.9 Å². The van der Waals surface area contributed by atoms with E-state index in [1.807, 2.05) is 0 Å². The van der Waals surface area contributed by atoms with Gasteiger partial charge in [-0.15, -0.1) is 0 Å². The lowest BCUT2D eigenvalue weighted by Crippen LogP contribution is -2.09. The van der Waals surface area contributed by atoms with E-state index in [2.05, 4.69) is 15.9 Å². The van der Waals surface area contributed by atoms with Crippen LogP contribution < -0.4 is 5.73 Å². The standard InChI is InChI=1S/C10H10BrClF3N/c1-4(2-3-16)5-7(12)9(14)6(11)10(15)8(5)13/h4H,2-3,16H2,1H3. The number of nitrogens with two attached hydrogens (primary N) is 1.